The summed E-state index contributed by atoms with van der Waals surface area (Å²) in [4.78, 5) is 21.7. The second-order valence-corrected chi connectivity index (χ2v) is 6.25. The molecule has 4 N–H and O–H groups in total. The summed E-state index contributed by atoms with van der Waals surface area (Å²) in [6, 6.07) is 4.57. The van der Waals surface area contributed by atoms with Crippen LogP contribution in [0.2, 0.25) is 0 Å². The van der Waals surface area contributed by atoms with Gasteiger partial charge in [-0.2, -0.15) is 0 Å². The summed E-state index contributed by atoms with van der Waals surface area (Å²) in [5.74, 6) is 0. The third-order valence-corrected chi connectivity index (χ3v) is 4.05. The SMILES string of the molecule is CC1(C)OB(c2ccc(NC(=O)O)c(NC(=O)O)c2)OC1(C)C. The van der Waals surface area contributed by atoms with Gasteiger partial charge in [-0.05, 0) is 45.3 Å². The van der Waals surface area contributed by atoms with Crippen molar-refractivity contribution >= 4 is 36.1 Å². The smallest absolute Gasteiger partial charge is 0.465 e. The predicted molar refractivity (Wildman–Crippen MR) is 85.5 cm³/mol. The maximum Gasteiger partial charge on any atom is 0.494 e. The summed E-state index contributed by atoms with van der Waals surface area (Å²) in [5.41, 5.74) is -0.248. The molecule has 1 fully saturated rings. The lowest BCUT2D eigenvalue weighted by Gasteiger charge is -2.32. The van der Waals surface area contributed by atoms with Gasteiger partial charge < -0.3 is 19.5 Å². The Morgan fingerprint density at radius 2 is 1.43 bits per heavy atom. The van der Waals surface area contributed by atoms with E-state index >= 15 is 0 Å². The first-order valence-corrected chi connectivity index (χ1v) is 7.01. The van der Waals surface area contributed by atoms with Crippen LogP contribution in [0.25, 0.3) is 0 Å². The Balaban J connectivity index is 2.34. The minimum atomic E-state index is -1.30. The molecule has 0 atom stereocenters. The van der Waals surface area contributed by atoms with Crippen molar-refractivity contribution in [2.45, 2.75) is 38.9 Å². The summed E-state index contributed by atoms with van der Waals surface area (Å²) in [5, 5.41) is 22.0. The second kappa shape index (κ2) is 5.75. The minimum absolute atomic E-state index is 0.104. The number of rotatable bonds is 3. The van der Waals surface area contributed by atoms with E-state index in [4.69, 9.17) is 19.5 Å². The van der Waals surface area contributed by atoms with Crippen molar-refractivity contribution in [3.63, 3.8) is 0 Å². The predicted octanol–water partition coefficient (Wildman–Crippen LogP) is 2.17. The fraction of sp³-hybridized carbons (Fsp3) is 0.429. The fourth-order valence-corrected chi connectivity index (χ4v) is 2.13. The van der Waals surface area contributed by atoms with Crippen LogP contribution in [0.5, 0.6) is 0 Å². The van der Waals surface area contributed by atoms with Crippen LogP contribution in [0.15, 0.2) is 18.2 Å². The van der Waals surface area contributed by atoms with E-state index in [-0.39, 0.29) is 11.4 Å². The van der Waals surface area contributed by atoms with Crippen LogP contribution < -0.4 is 16.1 Å². The van der Waals surface area contributed by atoms with Crippen LogP contribution in [0.3, 0.4) is 0 Å². The van der Waals surface area contributed by atoms with Crippen LogP contribution in [-0.4, -0.2) is 40.7 Å². The van der Waals surface area contributed by atoms with Crippen LogP contribution in [0, 0.1) is 0 Å². The van der Waals surface area contributed by atoms with Gasteiger partial charge in [-0.1, -0.05) is 6.07 Å². The zero-order chi connectivity index (χ0) is 17.4. The van der Waals surface area contributed by atoms with Crippen LogP contribution in [-0.2, 0) is 9.31 Å². The highest BCUT2D eigenvalue weighted by molar-refractivity contribution is 6.62. The summed E-state index contributed by atoms with van der Waals surface area (Å²) >= 11 is 0. The Hall–Kier alpha value is -2.26. The number of carbonyl (C=O) groups is 2. The molecule has 0 unspecified atom stereocenters. The molecule has 9 heteroatoms. The van der Waals surface area contributed by atoms with Gasteiger partial charge in [-0.3, -0.25) is 10.6 Å². The van der Waals surface area contributed by atoms with E-state index in [1.54, 1.807) is 6.07 Å². The molecule has 2 rings (SSSR count). The van der Waals surface area contributed by atoms with E-state index in [9.17, 15) is 9.59 Å². The molecular weight excluding hydrogens is 303 g/mol. The highest BCUT2D eigenvalue weighted by Gasteiger charge is 2.51. The molecule has 124 valence electrons. The van der Waals surface area contributed by atoms with Crippen molar-refractivity contribution in [1.82, 2.24) is 0 Å². The van der Waals surface area contributed by atoms with E-state index < -0.39 is 30.5 Å². The largest absolute Gasteiger partial charge is 0.494 e. The maximum absolute atomic E-state index is 10.9. The molecule has 0 aliphatic carbocycles. The first-order valence-electron chi connectivity index (χ1n) is 7.01. The van der Waals surface area contributed by atoms with E-state index in [0.717, 1.165) is 0 Å². The number of hydrogen-bond acceptors (Lipinski definition) is 4. The molecule has 2 amide bonds. The summed E-state index contributed by atoms with van der Waals surface area (Å²) in [7, 11) is -0.673. The molecule has 1 aliphatic rings. The highest BCUT2D eigenvalue weighted by atomic mass is 16.7. The molecule has 1 saturated heterocycles. The maximum atomic E-state index is 10.9. The number of nitrogens with one attached hydrogen (secondary N) is 2. The van der Waals surface area contributed by atoms with Gasteiger partial charge in [0.1, 0.15) is 0 Å². The highest BCUT2D eigenvalue weighted by Crippen LogP contribution is 2.36. The minimum Gasteiger partial charge on any atom is -0.465 e. The number of hydrogen-bond donors (Lipinski definition) is 4. The van der Waals surface area contributed by atoms with Crippen molar-refractivity contribution in [3.05, 3.63) is 18.2 Å². The lowest BCUT2D eigenvalue weighted by atomic mass is 9.78. The molecule has 1 aromatic rings. The number of amides is 2. The Kier molecular flexibility index (Phi) is 4.27. The first kappa shape index (κ1) is 17.1. The van der Waals surface area contributed by atoms with Gasteiger partial charge in [0.15, 0.2) is 0 Å². The average Bonchev–Trinajstić information content (AvgIpc) is 2.59. The monoisotopic (exact) mass is 322 g/mol. The number of carboxylic acid groups (broad SMARTS) is 2. The summed E-state index contributed by atoms with van der Waals surface area (Å²) in [6.45, 7) is 7.63. The molecule has 23 heavy (non-hydrogen) atoms. The van der Waals surface area contributed by atoms with E-state index in [1.807, 2.05) is 27.7 Å². The second-order valence-electron chi connectivity index (χ2n) is 6.25. The molecular formula is C14H19BN2O6. The summed E-state index contributed by atoms with van der Waals surface area (Å²) in [6.07, 6.45) is -2.59. The van der Waals surface area contributed by atoms with Crippen molar-refractivity contribution in [3.8, 4) is 0 Å². The lowest BCUT2D eigenvalue weighted by Crippen LogP contribution is -2.41. The molecule has 0 spiro atoms. The van der Waals surface area contributed by atoms with E-state index in [2.05, 4.69) is 10.6 Å². The first-order chi connectivity index (χ1) is 10.5. The van der Waals surface area contributed by atoms with E-state index in [1.165, 1.54) is 12.1 Å². The summed E-state index contributed by atoms with van der Waals surface area (Å²) < 4.78 is 11.8. The third kappa shape index (κ3) is 3.57. The van der Waals surface area contributed by atoms with Gasteiger partial charge >= 0.3 is 19.3 Å². The average molecular weight is 322 g/mol. The van der Waals surface area contributed by atoms with Gasteiger partial charge in [0.25, 0.3) is 0 Å². The molecule has 1 aliphatic heterocycles. The van der Waals surface area contributed by atoms with Gasteiger partial charge in [-0.25, -0.2) is 9.59 Å². The zero-order valence-electron chi connectivity index (χ0n) is 13.3. The molecule has 0 aromatic heterocycles. The van der Waals surface area contributed by atoms with Crippen molar-refractivity contribution in [2.24, 2.45) is 0 Å². The Morgan fingerprint density at radius 3 is 1.91 bits per heavy atom. The Morgan fingerprint density at radius 1 is 0.957 bits per heavy atom. The molecule has 0 saturated carbocycles. The molecule has 0 radical (unpaired) electrons. The van der Waals surface area contributed by atoms with Gasteiger partial charge in [0.05, 0.1) is 22.6 Å². The zero-order valence-corrected chi connectivity index (χ0v) is 13.3. The number of benzene rings is 1. The Labute approximate surface area is 133 Å². The molecule has 1 heterocycles. The molecule has 8 nitrogen and oxygen atoms in total. The normalized spacial score (nSPS) is 18.5. The fourth-order valence-electron chi connectivity index (χ4n) is 2.13. The topological polar surface area (TPSA) is 117 Å². The standard InChI is InChI=1S/C14H19BN2O6/c1-13(2)14(3,4)23-15(22-13)8-5-6-9(16-11(18)19)10(7-8)17-12(20)21/h5-7,16-17H,1-4H3,(H,18,19)(H,20,21). The van der Waals surface area contributed by atoms with Crippen LogP contribution in [0.1, 0.15) is 27.7 Å². The van der Waals surface area contributed by atoms with Crippen LogP contribution in [0.4, 0.5) is 21.0 Å². The molecule has 0 bridgehead atoms. The van der Waals surface area contributed by atoms with Crippen LogP contribution >= 0.6 is 0 Å². The van der Waals surface area contributed by atoms with Gasteiger partial charge in [-0.15, -0.1) is 0 Å². The van der Waals surface area contributed by atoms with Crippen molar-refractivity contribution in [1.29, 1.82) is 0 Å². The quantitative estimate of drug-likeness (QED) is 0.634. The number of anilines is 2. The third-order valence-electron chi connectivity index (χ3n) is 4.05. The van der Waals surface area contributed by atoms with Crippen molar-refractivity contribution in [2.75, 3.05) is 10.6 Å². The molecule has 1 aromatic carbocycles. The van der Waals surface area contributed by atoms with Crippen molar-refractivity contribution < 1.29 is 29.1 Å². The van der Waals surface area contributed by atoms with Gasteiger partial charge in [0.2, 0.25) is 0 Å². The van der Waals surface area contributed by atoms with Gasteiger partial charge in [0, 0.05) is 0 Å². The van der Waals surface area contributed by atoms with E-state index in [0.29, 0.717) is 5.46 Å². The Bertz CT molecular complexity index is 630. The lowest BCUT2D eigenvalue weighted by molar-refractivity contribution is 0.00578.